The quantitative estimate of drug-likeness (QED) is 0.719. The van der Waals surface area contributed by atoms with Crippen molar-refractivity contribution < 1.29 is 9.59 Å². The van der Waals surface area contributed by atoms with Gasteiger partial charge in [-0.15, -0.1) is 0 Å². The largest absolute Gasteiger partial charge is 0.298 e. The summed E-state index contributed by atoms with van der Waals surface area (Å²) in [6.07, 6.45) is 3.71. The summed E-state index contributed by atoms with van der Waals surface area (Å²) in [6.45, 7) is 5.90. The van der Waals surface area contributed by atoms with Crippen molar-refractivity contribution in [3.63, 3.8) is 0 Å². The molecule has 1 aliphatic heterocycles. The molecule has 4 nitrogen and oxygen atoms in total. The number of rotatable bonds is 7. The fourth-order valence-corrected chi connectivity index (χ4v) is 2.88. The standard InChI is InChI=1S/C18H24N2O2/c1-4-6-10-14(5-2)17(21)16-13(3)19-20(18(16)22)15-11-8-7-9-12-15/h7-9,11-12,14,16H,4-6,10H2,1-3H3. The number of nitrogens with zero attached hydrogens (tertiary/aromatic N) is 2. The Morgan fingerprint density at radius 1 is 1.27 bits per heavy atom. The molecule has 1 aromatic rings. The summed E-state index contributed by atoms with van der Waals surface area (Å²) in [7, 11) is 0. The van der Waals surface area contributed by atoms with E-state index >= 15 is 0 Å². The summed E-state index contributed by atoms with van der Waals surface area (Å²) in [4.78, 5) is 25.4. The van der Waals surface area contributed by atoms with Gasteiger partial charge in [-0.25, -0.2) is 0 Å². The van der Waals surface area contributed by atoms with Crippen LogP contribution in [0.4, 0.5) is 5.69 Å². The lowest BCUT2D eigenvalue weighted by molar-refractivity contribution is -0.131. The van der Waals surface area contributed by atoms with Crippen LogP contribution in [0.15, 0.2) is 35.4 Å². The number of Topliss-reactive ketones (excluding diaryl/α,β-unsaturated/α-hetero) is 1. The molecule has 0 bridgehead atoms. The Morgan fingerprint density at radius 2 is 1.95 bits per heavy atom. The minimum atomic E-state index is -0.706. The van der Waals surface area contributed by atoms with Crippen LogP contribution >= 0.6 is 0 Å². The normalized spacial score (nSPS) is 19.2. The highest BCUT2D eigenvalue weighted by Gasteiger charge is 2.41. The second-order valence-electron chi connectivity index (χ2n) is 5.81. The number of hydrogen-bond acceptors (Lipinski definition) is 3. The first-order valence-corrected chi connectivity index (χ1v) is 8.08. The number of amides is 1. The molecule has 0 aromatic heterocycles. The van der Waals surface area contributed by atoms with E-state index in [1.54, 1.807) is 6.92 Å². The molecular weight excluding hydrogens is 276 g/mol. The average Bonchev–Trinajstić information content (AvgIpc) is 2.83. The van der Waals surface area contributed by atoms with E-state index in [0.717, 1.165) is 25.7 Å². The second-order valence-corrected chi connectivity index (χ2v) is 5.81. The van der Waals surface area contributed by atoms with E-state index in [9.17, 15) is 9.59 Å². The maximum absolute atomic E-state index is 12.8. The Kier molecular flexibility index (Phi) is 5.47. The third kappa shape index (κ3) is 3.26. The number of carbonyl (C=O) groups excluding carboxylic acids is 2. The van der Waals surface area contributed by atoms with Crippen LogP contribution in [0.2, 0.25) is 0 Å². The number of carbonyl (C=O) groups is 2. The molecule has 1 amide bonds. The van der Waals surface area contributed by atoms with Gasteiger partial charge in [-0.3, -0.25) is 9.59 Å². The molecule has 1 aliphatic rings. The first-order valence-electron chi connectivity index (χ1n) is 8.08. The van der Waals surface area contributed by atoms with Crippen LogP contribution in [0.3, 0.4) is 0 Å². The number of hydrazone groups is 1. The summed E-state index contributed by atoms with van der Waals surface area (Å²) >= 11 is 0. The molecule has 1 heterocycles. The van der Waals surface area contributed by atoms with E-state index in [2.05, 4.69) is 12.0 Å². The Bertz CT molecular complexity index is 566. The van der Waals surface area contributed by atoms with Gasteiger partial charge < -0.3 is 0 Å². The van der Waals surface area contributed by atoms with Crippen LogP contribution in [0.25, 0.3) is 0 Å². The Balaban J connectivity index is 2.18. The van der Waals surface area contributed by atoms with Crippen molar-refractivity contribution in [3.8, 4) is 0 Å². The van der Waals surface area contributed by atoms with Crippen LogP contribution in [0.1, 0.15) is 46.5 Å². The molecule has 2 atom stereocenters. The summed E-state index contributed by atoms with van der Waals surface area (Å²) in [5, 5.41) is 5.68. The molecule has 0 N–H and O–H groups in total. The molecule has 4 heteroatoms. The van der Waals surface area contributed by atoms with Gasteiger partial charge in [0, 0.05) is 5.92 Å². The van der Waals surface area contributed by atoms with Crippen molar-refractivity contribution in [2.24, 2.45) is 16.9 Å². The first kappa shape index (κ1) is 16.4. The van der Waals surface area contributed by atoms with E-state index in [4.69, 9.17) is 0 Å². The minimum absolute atomic E-state index is 0.0284. The monoisotopic (exact) mass is 300 g/mol. The number of hydrogen-bond donors (Lipinski definition) is 0. The number of anilines is 1. The lowest BCUT2D eigenvalue weighted by atomic mass is 9.85. The summed E-state index contributed by atoms with van der Waals surface area (Å²) < 4.78 is 0. The molecule has 0 saturated heterocycles. The van der Waals surface area contributed by atoms with Gasteiger partial charge in [0.25, 0.3) is 5.91 Å². The maximum atomic E-state index is 12.8. The van der Waals surface area contributed by atoms with E-state index in [-0.39, 0.29) is 17.6 Å². The molecule has 1 aromatic carbocycles. The van der Waals surface area contributed by atoms with E-state index in [1.807, 2.05) is 37.3 Å². The Labute approximate surface area is 132 Å². The van der Waals surface area contributed by atoms with Crippen LogP contribution < -0.4 is 5.01 Å². The van der Waals surface area contributed by atoms with Crippen molar-refractivity contribution in [2.45, 2.75) is 46.5 Å². The third-order valence-corrected chi connectivity index (χ3v) is 4.22. The predicted molar refractivity (Wildman–Crippen MR) is 88.8 cm³/mol. The molecule has 0 saturated carbocycles. The Morgan fingerprint density at radius 3 is 2.55 bits per heavy atom. The fraction of sp³-hybridized carbons (Fsp3) is 0.500. The van der Waals surface area contributed by atoms with Crippen molar-refractivity contribution >= 4 is 23.1 Å². The zero-order valence-corrected chi connectivity index (χ0v) is 13.6. The van der Waals surface area contributed by atoms with Crippen molar-refractivity contribution in [1.29, 1.82) is 0 Å². The molecule has 0 aliphatic carbocycles. The maximum Gasteiger partial charge on any atom is 0.263 e. The summed E-state index contributed by atoms with van der Waals surface area (Å²) in [5.74, 6) is -0.943. The molecular formula is C18H24N2O2. The van der Waals surface area contributed by atoms with E-state index in [1.165, 1.54) is 5.01 Å². The van der Waals surface area contributed by atoms with Crippen molar-refractivity contribution in [2.75, 3.05) is 5.01 Å². The highest BCUT2D eigenvalue weighted by Crippen LogP contribution is 2.28. The van der Waals surface area contributed by atoms with Crippen LogP contribution in [-0.4, -0.2) is 17.4 Å². The van der Waals surface area contributed by atoms with Gasteiger partial charge in [-0.05, 0) is 31.9 Å². The summed E-state index contributed by atoms with van der Waals surface area (Å²) in [5.41, 5.74) is 1.32. The third-order valence-electron chi connectivity index (χ3n) is 4.22. The highest BCUT2D eigenvalue weighted by molar-refractivity contribution is 6.27. The van der Waals surface area contributed by atoms with E-state index < -0.39 is 5.92 Å². The van der Waals surface area contributed by atoms with Gasteiger partial charge in [0.1, 0.15) is 5.92 Å². The zero-order chi connectivity index (χ0) is 16.1. The van der Waals surface area contributed by atoms with Crippen LogP contribution in [-0.2, 0) is 9.59 Å². The van der Waals surface area contributed by atoms with Crippen LogP contribution in [0, 0.1) is 11.8 Å². The number of unbranched alkanes of at least 4 members (excludes halogenated alkanes) is 1. The Hall–Kier alpha value is -1.97. The van der Waals surface area contributed by atoms with Gasteiger partial charge in [0.2, 0.25) is 0 Å². The SMILES string of the molecule is CCCCC(CC)C(=O)C1C(=O)N(c2ccccc2)N=C1C. The molecule has 0 spiro atoms. The second kappa shape index (κ2) is 7.34. The molecule has 118 valence electrons. The molecule has 2 rings (SSSR count). The number of benzene rings is 1. The van der Waals surface area contributed by atoms with Crippen LogP contribution in [0.5, 0.6) is 0 Å². The number of ketones is 1. The zero-order valence-electron chi connectivity index (χ0n) is 13.6. The lowest BCUT2D eigenvalue weighted by Crippen LogP contribution is -2.36. The lowest BCUT2D eigenvalue weighted by Gasteiger charge is -2.18. The minimum Gasteiger partial charge on any atom is -0.298 e. The van der Waals surface area contributed by atoms with Crippen molar-refractivity contribution in [1.82, 2.24) is 0 Å². The first-order chi connectivity index (χ1) is 10.6. The van der Waals surface area contributed by atoms with Gasteiger partial charge in [-0.1, -0.05) is 44.9 Å². The van der Waals surface area contributed by atoms with Gasteiger partial charge >= 0.3 is 0 Å². The topological polar surface area (TPSA) is 49.7 Å². The average molecular weight is 300 g/mol. The molecule has 2 unspecified atom stereocenters. The van der Waals surface area contributed by atoms with Gasteiger partial charge in [-0.2, -0.15) is 10.1 Å². The van der Waals surface area contributed by atoms with Gasteiger partial charge in [0.05, 0.1) is 11.4 Å². The molecule has 22 heavy (non-hydrogen) atoms. The smallest absolute Gasteiger partial charge is 0.263 e. The molecule has 0 fully saturated rings. The predicted octanol–water partition coefficient (Wildman–Crippen LogP) is 3.81. The fourth-order valence-electron chi connectivity index (χ4n) is 2.88. The van der Waals surface area contributed by atoms with Gasteiger partial charge in [0.15, 0.2) is 5.78 Å². The number of para-hydroxylation sites is 1. The molecule has 0 radical (unpaired) electrons. The van der Waals surface area contributed by atoms with Crippen molar-refractivity contribution in [3.05, 3.63) is 30.3 Å². The summed E-state index contributed by atoms with van der Waals surface area (Å²) in [6, 6.07) is 9.27. The highest BCUT2D eigenvalue weighted by atomic mass is 16.2. The van der Waals surface area contributed by atoms with E-state index in [0.29, 0.717) is 11.4 Å².